The van der Waals surface area contributed by atoms with Crippen LogP contribution < -0.4 is 0 Å². The standard InChI is InChI=1S/C12H11Br2NO2S/c1-2-15(7-8-4-3-5-17-8)12(16)9-6-10(13)18-11(9)14/h3-6H,2,7H2,1H3. The zero-order valence-corrected chi connectivity index (χ0v) is 13.6. The molecule has 0 saturated carbocycles. The molecule has 2 aromatic rings. The molecule has 2 heterocycles. The summed E-state index contributed by atoms with van der Waals surface area (Å²) in [7, 11) is 0. The number of halogens is 2. The number of carbonyl (C=O) groups excluding carboxylic acids is 1. The van der Waals surface area contributed by atoms with Gasteiger partial charge in [-0.15, -0.1) is 11.3 Å². The van der Waals surface area contributed by atoms with E-state index < -0.39 is 0 Å². The van der Waals surface area contributed by atoms with E-state index in [0.29, 0.717) is 18.7 Å². The molecule has 0 aromatic carbocycles. The smallest absolute Gasteiger partial charge is 0.256 e. The van der Waals surface area contributed by atoms with Gasteiger partial charge in [-0.3, -0.25) is 4.79 Å². The largest absolute Gasteiger partial charge is 0.467 e. The van der Waals surface area contributed by atoms with Gasteiger partial charge in [0.15, 0.2) is 0 Å². The molecular weight excluding hydrogens is 382 g/mol. The average molecular weight is 393 g/mol. The van der Waals surface area contributed by atoms with Crippen LogP contribution in [0.5, 0.6) is 0 Å². The van der Waals surface area contributed by atoms with Crippen molar-refractivity contribution in [2.45, 2.75) is 13.5 Å². The van der Waals surface area contributed by atoms with Gasteiger partial charge in [0.05, 0.1) is 25.9 Å². The van der Waals surface area contributed by atoms with Crippen molar-refractivity contribution in [2.24, 2.45) is 0 Å². The number of amides is 1. The first-order valence-electron chi connectivity index (χ1n) is 5.38. The summed E-state index contributed by atoms with van der Waals surface area (Å²) in [4.78, 5) is 14.1. The molecule has 0 fully saturated rings. The van der Waals surface area contributed by atoms with Gasteiger partial charge in [0.2, 0.25) is 0 Å². The summed E-state index contributed by atoms with van der Waals surface area (Å²) in [6.07, 6.45) is 1.62. The minimum atomic E-state index is 0.00252. The second-order valence-electron chi connectivity index (χ2n) is 3.64. The minimum absolute atomic E-state index is 0.00252. The van der Waals surface area contributed by atoms with E-state index in [4.69, 9.17) is 4.42 Å². The SMILES string of the molecule is CCN(Cc1ccco1)C(=O)c1cc(Br)sc1Br. The Morgan fingerprint density at radius 3 is 2.78 bits per heavy atom. The third-order valence-electron chi connectivity index (χ3n) is 2.48. The molecule has 2 rings (SSSR count). The monoisotopic (exact) mass is 391 g/mol. The van der Waals surface area contributed by atoms with Crippen LogP contribution in [-0.2, 0) is 6.54 Å². The number of rotatable bonds is 4. The van der Waals surface area contributed by atoms with Gasteiger partial charge in [-0.05, 0) is 57.0 Å². The van der Waals surface area contributed by atoms with Crippen LogP contribution in [0.2, 0.25) is 0 Å². The third-order valence-corrected chi connectivity index (χ3v) is 4.82. The normalized spacial score (nSPS) is 10.6. The molecule has 0 atom stereocenters. The van der Waals surface area contributed by atoms with Crippen molar-refractivity contribution in [3.8, 4) is 0 Å². The van der Waals surface area contributed by atoms with Gasteiger partial charge in [-0.2, -0.15) is 0 Å². The van der Waals surface area contributed by atoms with Crippen LogP contribution in [-0.4, -0.2) is 17.4 Å². The van der Waals surface area contributed by atoms with E-state index in [1.54, 1.807) is 11.2 Å². The molecule has 0 aliphatic carbocycles. The molecule has 0 N–H and O–H groups in total. The Labute approximate surface area is 126 Å². The van der Waals surface area contributed by atoms with E-state index in [1.165, 1.54) is 11.3 Å². The first-order valence-corrected chi connectivity index (χ1v) is 7.78. The molecule has 3 nitrogen and oxygen atoms in total. The molecule has 0 saturated heterocycles. The van der Waals surface area contributed by atoms with Crippen molar-refractivity contribution >= 4 is 49.1 Å². The van der Waals surface area contributed by atoms with Crippen LogP contribution in [0, 0.1) is 0 Å². The number of carbonyl (C=O) groups is 1. The zero-order valence-electron chi connectivity index (χ0n) is 9.65. The summed E-state index contributed by atoms with van der Waals surface area (Å²) < 4.78 is 7.06. The summed E-state index contributed by atoms with van der Waals surface area (Å²) in [6, 6.07) is 5.53. The topological polar surface area (TPSA) is 33.5 Å². The van der Waals surface area contributed by atoms with Crippen molar-refractivity contribution in [1.29, 1.82) is 0 Å². The van der Waals surface area contributed by atoms with Gasteiger partial charge in [0.25, 0.3) is 5.91 Å². The van der Waals surface area contributed by atoms with Gasteiger partial charge < -0.3 is 9.32 Å². The summed E-state index contributed by atoms with van der Waals surface area (Å²) in [5.74, 6) is 0.790. The zero-order chi connectivity index (χ0) is 13.1. The molecule has 0 aliphatic heterocycles. The molecule has 0 aliphatic rings. The number of furan rings is 1. The highest BCUT2D eigenvalue weighted by Gasteiger charge is 2.20. The van der Waals surface area contributed by atoms with Crippen molar-refractivity contribution in [2.75, 3.05) is 6.54 Å². The Balaban J connectivity index is 2.17. The molecule has 0 radical (unpaired) electrons. The lowest BCUT2D eigenvalue weighted by Gasteiger charge is -2.19. The first-order chi connectivity index (χ1) is 8.61. The number of nitrogens with zero attached hydrogens (tertiary/aromatic N) is 1. The van der Waals surface area contributed by atoms with Crippen LogP contribution in [0.25, 0.3) is 0 Å². The van der Waals surface area contributed by atoms with Crippen LogP contribution >= 0.6 is 43.2 Å². The lowest BCUT2D eigenvalue weighted by molar-refractivity contribution is 0.0741. The van der Waals surface area contributed by atoms with Crippen molar-refractivity contribution in [1.82, 2.24) is 4.90 Å². The van der Waals surface area contributed by atoms with Gasteiger partial charge in [-0.1, -0.05) is 0 Å². The lowest BCUT2D eigenvalue weighted by Crippen LogP contribution is -2.30. The lowest BCUT2D eigenvalue weighted by atomic mass is 10.3. The summed E-state index contributed by atoms with van der Waals surface area (Å²) in [6.45, 7) is 3.08. The van der Waals surface area contributed by atoms with E-state index >= 15 is 0 Å². The van der Waals surface area contributed by atoms with E-state index in [0.717, 1.165) is 13.3 Å². The maximum absolute atomic E-state index is 12.4. The van der Waals surface area contributed by atoms with Crippen molar-refractivity contribution in [3.05, 3.63) is 43.4 Å². The Morgan fingerprint density at radius 1 is 1.50 bits per heavy atom. The Morgan fingerprint density at radius 2 is 2.28 bits per heavy atom. The van der Waals surface area contributed by atoms with E-state index in [2.05, 4.69) is 31.9 Å². The molecule has 18 heavy (non-hydrogen) atoms. The summed E-state index contributed by atoms with van der Waals surface area (Å²) in [5, 5.41) is 0. The maximum atomic E-state index is 12.4. The van der Waals surface area contributed by atoms with Gasteiger partial charge >= 0.3 is 0 Å². The van der Waals surface area contributed by atoms with Gasteiger partial charge in [0.1, 0.15) is 5.76 Å². The number of hydrogen-bond acceptors (Lipinski definition) is 3. The highest BCUT2D eigenvalue weighted by Crippen LogP contribution is 2.32. The summed E-state index contributed by atoms with van der Waals surface area (Å²) in [5.41, 5.74) is 0.681. The fraction of sp³-hybridized carbons (Fsp3) is 0.250. The number of hydrogen-bond donors (Lipinski definition) is 0. The van der Waals surface area contributed by atoms with Crippen LogP contribution in [0.4, 0.5) is 0 Å². The third kappa shape index (κ3) is 3.05. The molecule has 0 spiro atoms. The highest BCUT2D eigenvalue weighted by atomic mass is 79.9. The van der Waals surface area contributed by atoms with Crippen LogP contribution in [0.15, 0.2) is 36.5 Å². The average Bonchev–Trinajstić information content (AvgIpc) is 2.95. The van der Waals surface area contributed by atoms with E-state index in [-0.39, 0.29) is 5.91 Å². The molecule has 0 bridgehead atoms. The maximum Gasteiger partial charge on any atom is 0.256 e. The number of thiophene rings is 1. The van der Waals surface area contributed by atoms with Gasteiger partial charge in [-0.25, -0.2) is 0 Å². The molecule has 6 heteroatoms. The predicted octanol–water partition coefficient (Wildman–Crippen LogP) is 4.53. The van der Waals surface area contributed by atoms with Crippen molar-refractivity contribution in [3.63, 3.8) is 0 Å². The van der Waals surface area contributed by atoms with E-state index in [1.807, 2.05) is 25.1 Å². The van der Waals surface area contributed by atoms with Crippen LogP contribution in [0.1, 0.15) is 23.0 Å². The highest BCUT2D eigenvalue weighted by molar-refractivity contribution is 9.12. The second kappa shape index (κ2) is 6.04. The molecule has 1 amide bonds. The molecule has 96 valence electrons. The fourth-order valence-electron chi connectivity index (χ4n) is 1.57. The van der Waals surface area contributed by atoms with E-state index in [9.17, 15) is 4.79 Å². The fourth-order valence-corrected chi connectivity index (χ4v) is 4.35. The summed E-state index contributed by atoms with van der Waals surface area (Å²) >= 11 is 8.29. The minimum Gasteiger partial charge on any atom is -0.467 e. The first kappa shape index (κ1) is 13.8. The van der Waals surface area contributed by atoms with Crippen LogP contribution in [0.3, 0.4) is 0 Å². The van der Waals surface area contributed by atoms with Gasteiger partial charge in [0, 0.05) is 6.54 Å². The molecule has 2 aromatic heterocycles. The Hall–Kier alpha value is -0.590. The Kier molecular flexibility index (Phi) is 4.64. The quantitative estimate of drug-likeness (QED) is 0.765. The Bertz CT molecular complexity index is 536. The van der Waals surface area contributed by atoms with Crippen molar-refractivity contribution < 1.29 is 9.21 Å². The molecular formula is C12H11Br2NO2S. The molecule has 0 unspecified atom stereocenters. The predicted molar refractivity (Wildman–Crippen MR) is 78.8 cm³/mol. The second-order valence-corrected chi connectivity index (χ2v) is 7.39.